The fraction of sp³-hybridized carbons (Fsp3) is 0.188. The van der Waals surface area contributed by atoms with Gasteiger partial charge in [-0.05, 0) is 36.8 Å². The number of hydrogen-bond donors (Lipinski definition) is 2. The lowest BCUT2D eigenvalue weighted by Crippen LogP contribution is -2.29. The number of carbonyl (C=O) groups is 1. The van der Waals surface area contributed by atoms with E-state index >= 15 is 0 Å². The van der Waals surface area contributed by atoms with Gasteiger partial charge < -0.3 is 15.7 Å². The van der Waals surface area contributed by atoms with Gasteiger partial charge in [0.2, 0.25) is 0 Å². The van der Waals surface area contributed by atoms with Crippen molar-refractivity contribution < 1.29 is 14.3 Å². The van der Waals surface area contributed by atoms with Gasteiger partial charge in [-0.2, -0.15) is 0 Å². The molecule has 21 heavy (non-hydrogen) atoms. The van der Waals surface area contributed by atoms with Gasteiger partial charge in [0.05, 0.1) is 11.6 Å². The standard InChI is InChI=1S/C16H17FN2O2/c1-10(11-4-3-5-13(18)8-11)19(2)16(21)14-7-6-12(17)9-15(14)20/h3-10,20H,18H2,1-2H3. The Kier molecular flexibility index (Phi) is 4.12. The molecule has 0 saturated carbocycles. The number of nitrogens with zero attached hydrogens (tertiary/aromatic N) is 1. The minimum atomic E-state index is -0.587. The second-order valence-corrected chi connectivity index (χ2v) is 4.92. The van der Waals surface area contributed by atoms with E-state index in [4.69, 9.17) is 5.73 Å². The first-order valence-corrected chi connectivity index (χ1v) is 6.51. The summed E-state index contributed by atoms with van der Waals surface area (Å²) in [5, 5.41) is 9.70. The molecule has 0 aromatic heterocycles. The zero-order valence-electron chi connectivity index (χ0n) is 11.9. The molecule has 0 aliphatic carbocycles. The molecule has 0 saturated heterocycles. The summed E-state index contributed by atoms with van der Waals surface area (Å²) >= 11 is 0. The van der Waals surface area contributed by atoms with Crippen LogP contribution in [0.15, 0.2) is 42.5 Å². The van der Waals surface area contributed by atoms with Crippen molar-refractivity contribution in [2.75, 3.05) is 12.8 Å². The first-order valence-electron chi connectivity index (χ1n) is 6.51. The Balaban J connectivity index is 2.26. The number of anilines is 1. The van der Waals surface area contributed by atoms with E-state index < -0.39 is 5.82 Å². The van der Waals surface area contributed by atoms with Gasteiger partial charge in [-0.1, -0.05) is 12.1 Å². The number of carbonyl (C=O) groups excluding carboxylic acids is 1. The lowest BCUT2D eigenvalue weighted by molar-refractivity contribution is 0.0739. The summed E-state index contributed by atoms with van der Waals surface area (Å²) in [4.78, 5) is 13.9. The van der Waals surface area contributed by atoms with Crippen LogP contribution in [0.25, 0.3) is 0 Å². The molecule has 2 aromatic rings. The summed E-state index contributed by atoms with van der Waals surface area (Å²) in [6.45, 7) is 1.85. The van der Waals surface area contributed by atoms with Gasteiger partial charge >= 0.3 is 0 Å². The van der Waals surface area contributed by atoms with Crippen LogP contribution in [0.5, 0.6) is 5.75 Å². The minimum Gasteiger partial charge on any atom is -0.507 e. The predicted octanol–water partition coefficient (Wildman–Crippen LogP) is 2.95. The molecule has 1 amide bonds. The van der Waals surface area contributed by atoms with E-state index in [0.29, 0.717) is 5.69 Å². The molecule has 5 heteroatoms. The van der Waals surface area contributed by atoms with Crippen LogP contribution in [0, 0.1) is 5.82 Å². The number of amides is 1. The Morgan fingerprint density at radius 2 is 2.00 bits per heavy atom. The highest BCUT2D eigenvalue weighted by Gasteiger charge is 2.21. The van der Waals surface area contributed by atoms with Gasteiger partial charge in [0, 0.05) is 18.8 Å². The molecular formula is C16H17FN2O2. The van der Waals surface area contributed by atoms with Crippen LogP contribution in [-0.4, -0.2) is 23.0 Å². The Labute approximate surface area is 122 Å². The number of phenolic OH excluding ortho intramolecular Hbond substituents is 1. The van der Waals surface area contributed by atoms with Crippen molar-refractivity contribution >= 4 is 11.6 Å². The van der Waals surface area contributed by atoms with E-state index in [2.05, 4.69) is 0 Å². The summed E-state index contributed by atoms with van der Waals surface area (Å²) < 4.78 is 13.0. The number of hydrogen-bond acceptors (Lipinski definition) is 3. The SMILES string of the molecule is CC(c1cccc(N)c1)N(C)C(=O)c1ccc(F)cc1O. The predicted molar refractivity (Wildman–Crippen MR) is 79.4 cm³/mol. The highest BCUT2D eigenvalue weighted by atomic mass is 19.1. The highest BCUT2D eigenvalue weighted by molar-refractivity contribution is 5.96. The van der Waals surface area contributed by atoms with Gasteiger partial charge in [0.1, 0.15) is 11.6 Å². The zero-order chi connectivity index (χ0) is 15.6. The molecule has 3 N–H and O–H groups in total. The quantitative estimate of drug-likeness (QED) is 0.853. The fourth-order valence-corrected chi connectivity index (χ4v) is 2.09. The van der Waals surface area contributed by atoms with Crippen molar-refractivity contribution in [2.24, 2.45) is 0 Å². The van der Waals surface area contributed by atoms with E-state index in [1.54, 1.807) is 19.2 Å². The number of phenols is 1. The lowest BCUT2D eigenvalue weighted by atomic mass is 10.1. The maximum Gasteiger partial charge on any atom is 0.257 e. The molecule has 1 unspecified atom stereocenters. The number of aromatic hydroxyl groups is 1. The highest BCUT2D eigenvalue weighted by Crippen LogP contribution is 2.25. The summed E-state index contributed by atoms with van der Waals surface area (Å²) in [6, 6.07) is 10.4. The molecule has 0 aliphatic rings. The number of nitrogen functional groups attached to an aromatic ring is 1. The van der Waals surface area contributed by atoms with Crippen LogP contribution in [-0.2, 0) is 0 Å². The van der Waals surface area contributed by atoms with Crippen molar-refractivity contribution in [2.45, 2.75) is 13.0 Å². The molecule has 0 radical (unpaired) electrons. The minimum absolute atomic E-state index is 0.0645. The maximum atomic E-state index is 13.0. The van der Waals surface area contributed by atoms with E-state index in [0.717, 1.165) is 17.7 Å². The molecule has 0 spiro atoms. The van der Waals surface area contributed by atoms with Crippen LogP contribution >= 0.6 is 0 Å². The first kappa shape index (κ1) is 14.8. The Morgan fingerprint density at radius 1 is 1.29 bits per heavy atom. The van der Waals surface area contributed by atoms with Crippen molar-refractivity contribution in [1.82, 2.24) is 4.90 Å². The number of nitrogens with two attached hydrogens (primary N) is 1. The van der Waals surface area contributed by atoms with Crippen LogP contribution < -0.4 is 5.73 Å². The molecule has 2 aromatic carbocycles. The largest absolute Gasteiger partial charge is 0.507 e. The Morgan fingerprint density at radius 3 is 2.62 bits per heavy atom. The van der Waals surface area contributed by atoms with Crippen LogP contribution in [0.2, 0.25) is 0 Å². The third-order valence-corrected chi connectivity index (χ3v) is 3.48. The Hall–Kier alpha value is -2.56. The lowest BCUT2D eigenvalue weighted by Gasteiger charge is -2.26. The average molecular weight is 288 g/mol. The average Bonchev–Trinajstić information content (AvgIpc) is 2.45. The summed E-state index contributed by atoms with van der Waals surface area (Å²) in [7, 11) is 1.62. The van der Waals surface area contributed by atoms with Crippen LogP contribution in [0.3, 0.4) is 0 Å². The molecule has 0 heterocycles. The number of halogens is 1. The summed E-state index contributed by atoms with van der Waals surface area (Å²) in [6.07, 6.45) is 0. The van der Waals surface area contributed by atoms with Crippen LogP contribution in [0.1, 0.15) is 28.9 Å². The molecule has 2 rings (SSSR count). The molecule has 4 nitrogen and oxygen atoms in total. The van der Waals surface area contributed by atoms with E-state index in [9.17, 15) is 14.3 Å². The van der Waals surface area contributed by atoms with Crippen molar-refractivity contribution in [3.8, 4) is 5.75 Å². The molecule has 1 atom stereocenters. The second-order valence-electron chi connectivity index (χ2n) is 4.92. The zero-order valence-corrected chi connectivity index (χ0v) is 11.9. The maximum absolute atomic E-state index is 13.0. The topological polar surface area (TPSA) is 66.6 Å². The van der Waals surface area contributed by atoms with Gasteiger partial charge in [-0.3, -0.25) is 4.79 Å². The smallest absolute Gasteiger partial charge is 0.257 e. The van der Waals surface area contributed by atoms with Gasteiger partial charge in [-0.15, -0.1) is 0 Å². The molecule has 0 aliphatic heterocycles. The van der Waals surface area contributed by atoms with Crippen molar-refractivity contribution in [3.05, 3.63) is 59.4 Å². The number of rotatable bonds is 3. The first-order chi connectivity index (χ1) is 9.90. The van der Waals surface area contributed by atoms with E-state index in [1.165, 1.54) is 11.0 Å². The molecule has 110 valence electrons. The third-order valence-electron chi connectivity index (χ3n) is 3.48. The normalized spacial score (nSPS) is 12.0. The van der Waals surface area contributed by atoms with Gasteiger partial charge in [0.15, 0.2) is 0 Å². The van der Waals surface area contributed by atoms with Crippen molar-refractivity contribution in [1.29, 1.82) is 0 Å². The van der Waals surface area contributed by atoms with Crippen molar-refractivity contribution in [3.63, 3.8) is 0 Å². The third kappa shape index (κ3) is 3.13. The monoisotopic (exact) mass is 288 g/mol. The molecule has 0 bridgehead atoms. The fourth-order valence-electron chi connectivity index (χ4n) is 2.09. The molecule has 0 fully saturated rings. The summed E-state index contributed by atoms with van der Waals surface area (Å²) in [5.74, 6) is -1.34. The number of benzene rings is 2. The van der Waals surface area contributed by atoms with Crippen LogP contribution in [0.4, 0.5) is 10.1 Å². The summed E-state index contributed by atoms with van der Waals surface area (Å²) in [5.41, 5.74) is 7.30. The van der Waals surface area contributed by atoms with E-state index in [1.807, 2.05) is 19.1 Å². The van der Waals surface area contributed by atoms with E-state index in [-0.39, 0.29) is 23.3 Å². The van der Waals surface area contributed by atoms with Gasteiger partial charge in [-0.25, -0.2) is 4.39 Å². The second kappa shape index (κ2) is 5.83. The van der Waals surface area contributed by atoms with Gasteiger partial charge in [0.25, 0.3) is 5.91 Å². The Bertz CT molecular complexity index is 673. The molecular weight excluding hydrogens is 271 g/mol.